The summed E-state index contributed by atoms with van der Waals surface area (Å²) in [5.74, 6) is -0.723. The molecule has 0 unspecified atom stereocenters. The largest absolute Gasteiger partial charge is 0.481 e. The highest BCUT2D eigenvalue weighted by Crippen LogP contribution is 2.29. The van der Waals surface area contributed by atoms with Crippen molar-refractivity contribution in [3.8, 4) is 0 Å². The Kier molecular flexibility index (Phi) is 2.97. The maximum atomic E-state index is 11.8. The number of sulfone groups is 1. The quantitative estimate of drug-likeness (QED) is 0.905. The van der Waals surface area contributed by atoms with Gasteiger partial charge < -0.3 is 5.11 Å². The number of rotatable bonds is 3. The van der Waals surface area contributed by atoms with Crippen LogP contribution in [0.25, 0.3) is 0 Å². The van der Waals surface area contributed by atoms with E-state index in [1.54, 1.807) is 26.0 Å². The molecule has 98 valence electrons. The van der Waals surface area contributed by atoms with E-state index in [2.05, 4.69) is 0 Å². The lowest BCUT2D eigenvalue weighted by Gasteiger charge is -2.19. The SMILES string of the molecule is CC(C)(Cc1ccc2c(c1)S(=O)(=O)CC2)C(=O)O. The predicted octanol–water partition coefficient (Wildman–Crippen LogP) is 1.67. The van der Waals surface area contributed by atoms with Gasteiger partial charge in [-0.1, -0.05) is 12.1 Å². The maximum Gasteiger partial charge on any atom is 0.309 e. The molecule has 1 heterocycles. The number of carboxylic acid groups (broad SMARTS) is 1. The van der Waals surface area contributed by atoms with Crippen LogP contribution in [0.15, 0.2) is 23.1 Å². The fourth-order valence-corrected chi connectivity index (χ4v) is 3.75. The van der Waals surface area contributed by atoms with Crippen molar-refractivity contribution in [2.75, 3.05) is 5.75 Å². The molecule has 1 aliphatic heterocycles. The van der Waals surface area contributed by atoms with Gasteiger partial charge in [0.15, 0.2) is 9.84 Å². The molecule has 1 aromatic rings. The molecule has 0 aliphatic carbocycles. The Hall–Kier alpha value is -1.36. The van der Waals surface area contributed by atoms with Crippen molar-refractivity contribution in [3.05, 3.63) is 29.3 Å². The lowest BCUT2D eigenvalue weighted by atomic mass is 9.86. The predicted molar refractivity (Wildman–Crippen MR) is 67.3 cm³/mol. The Balaban J connectivity index is 2.37. The Morgan fingerprint density at radius 2 is 2.06 bits per heavy atom. The van der Waals surface area contributed by atoms with Crippen LogP contribution in [0, 0.1) is 5.41 Å². The molecule has 0 aromatic heterocycles. The van der Waals surface area contributed by atoms with Gasteiger partial charge in [0.1, 0.15) is 0 Å². The van der Waals surface area contributed by atoms with Crippen molar-refractivity contribution in [3.63, 3.8) is 0 Å². The lowest BCUT2D eigenvalue weighted by Crippen LogP contribution is -2.26. The Bertz CT molecular complexity index is 599. The van der Waals surface area contributed by atoms with E-state index in [4.69, 9.17) is 5.11 Å². The van der Waals surface area contributed by atoms with Crippen LogP contribution in [0.5, 0.6) is 0 Å². The summed E-state index contributed by atoms with van der Waals surface area (Å²) in [4.78, 5) is 11.4. The van der Waals surface area contributed by atoms with Gasteiger partial charge >= 0.3 is 5.97 Å². The molecule has 1 aromatic carbocycles. The molecule has 18 heavy (non-hydrogen) atoms. The van der Waals surface area contributed by atoms with E-state index >= 15 is 0 Å². The first-order chi connectivity index (χ1) is 8.22. The van der Waals surface area contributed by atoms with E-state index in [1.807, 2.05) is 6.07 Å². The molecule has 0 saturated carbocycles. The van der Waals surface area contributed by atoms with Crippen LogP contribution in [0.4, 0.5) is 0 Å². The Morgan fingerprint density at radius 3 is 2.67 bits per heavy atom. The van der Waals surface area contributed by atoms with Gasteiger partial charge in [-0.25, -0.2) is 8.42 Å². The summed E-state index contributed by atoms with van der Waals surface area (Å²) < 4.78 is 23.6. The molecule has 2 rings (SSSR count). The minimum atomic E-state index is -3.15. The molecule has 0 saturated heterocycles. The first-order valence-electron chi connectivity index (χ1n) is 5.80. The zero-order valence-corrected chi connectivity index (χ0v) is 11.3. The van der Waals surface area contributed by atoms with Crippen molar-refractivity contribution in [2.45, 2.75) is 31.6 Å². The topological polar surface area (TPSA) is 71.4 Å². The van der Waals surface area contributed by atoms with Crippen LogP contribution in [-0.4, -0.2) is 25.2 Å². The lowest BCUT2D eigenvalue weighted by molar-refractivity contribution is -0.146. The molecule has 0 fully saturated rings. The summed E-state index contributed by atoms with van der Waals surface area (Å²) in [7, 11) is -3.15. The molecule has 0 atom stereocenters. The fraction of sp³-hybridized carbons (Fsp3) is 0.462. The number of fused-ring (bicyclic) bond motifs is 1. The molecule has 1 aliphatic rings. The highest BCUT2D eigenvalue weighted by molar-refractivity contribution is 7.91. The number of aliphatic carboxylic acids is 1. The van der Waals surface area contributed by atoms with Crippen LogP contribution >= 0.6 is 0 Å². The van der Waals surface area contributed by atoms with Crippen molar-refractivity contribution in [2.24, 2.45) is 5.41 Å². The zero-order valence-electron chi connectivity index (χ0n) is 10.4. The number of carbonyl (C=O) groups is 1. The summed E-state index contributed by atoms with van der Waals surface area (Å²) in [6.07, 6.45) is 0.880. The summed E-state index contributed by atoms with van der Waals surface area (Å²) >= 11 is 0. The van der Waals surface area contributed by atoms with Crippen molar-refractivity contribution >= 4 is 15.8 Å². The second-order valence-corrected chi connectivity index (χ2v) is 7.45. The third-order valence-corrected chi connectivity index (χ3v) is 5.12. The van der Waals surface area contributed by atoms with Gasteiger partial charge in [0.05, 0.1) is 16.1 Å². The van der Waals surface area contributed by atoms with Gasteiger partial charge in [-0.2, -0.15) is 0 Å². The van der Waals surface area contributed by atoms with E-state index in [0.29, 0.717) is 17.7 Å². The Morgan fingerprint density at radius 1 is 1.39 bits per heavy atom. The minimum absolute atomic E-state index is 0.161. The standard InChI is InChI=1S/C13H16O4S/c1-13(2,12(14)15)8-9-3-4-10-5-6-18(16,17)11(10)7-9/h3-4,7H,5-6,8H2,1-2H3,(H,14,15). The van der Waals surface area contributed by atoms with Gasteiger partial charge in [0, 0.05) is 0 Å². The van der Waals surface area contributed by atoms with Gasteiger partial charge in [0.2, 0.25) is 0 Å². The van der Waals surface area contributed by atoms with E-state index in [-0.39, 0.29) is 5.75 Å². The van der Waals surface area contributed by atoms with Crippen LogP contribution in [0.2, 0.25) is 0 Å². The van der Waals surface area contributed by atoms with Crippen LogP contribution < -0.4 is 0 Å². The van der Waals surface area contributed by atoms with E-state index in [0.717, 1.165) is 11.1 Å². The van der Waals surface area contributed by atoms with Gasteiger partial charge in [-0.15, -0.1) is 0 Å². The van der Waals surface area contributed by atoms with Gasteiger partial charge in [-0.05, 0) is 43.9 Å². The summed E-state index contributed by atoms with van der Waals surface area (Å²) in [6.45, 7) is 3.27. The highest BCUT2D eigenvalue weighted by Gasteiger charge is 2.30. The van der Waals surface area contributed by atoms with Crippen molar-refractivity contribution in [1.29, 1.82) is 0 Å². The number of hydrogen-bond acceptors (Lipinski definition) is 3. The molecule has 4 nitrogen and oxygen atoms in total. The van der Waals surface area contributed by atoms with Crippen LogP contribution in [-0.2, 0) is 27.5 Å². The zero-order chi connectivity index (χ0) is 13.6. The monoisotopic (exact) mass is 268 g/mol. The number of hydrogen-bond donors (Lipinski definition) is 1. The minimum Gasteiger partial charge on any atom is -0.481 e. The number of carboxylic acids is 1. The third-order valence-electron chi connectivity index (χ3n) is 3.33. The van der Waals surface area contributed by atoms with Crippen molar-refractivity contribution < 1.29 is 18.3 Å². The molecule has 0 spiro atoms. The summed E-state index contributed by atoms with van der Waals surface area (Å²) in [5, 5.41) is 9.08. The van der Waals surface area contributed by atoms with Gasteiger partial charge in [0.25, 0.3) is 0 Å². The summed E-state index contributed by atoms with van der Waals surface area (Å²) in [6, 6.07) is 5.25. The summed E-state index contributed by atoms with van der Waals surface area (Å²) in [5.41, 5.74) is 0.704. The first kappa shape index (κ1) is 13.1. The highest BCUT2D eigenvalue weighted by atomic mass is 32.2. The molecular weight excluding hydrogens is 252 g/mol. The number of benzene rings is 1. The van der Waals surface area contributed by atoms with Crippen LogP contribution in [0.3, 0.4) is 0 Å². The molecule has 1 N–H and O–H groups in total. The second kappa shape index (κ2) is 4.09. The molecule has 0 amide bonds. The first-order valence-corrected chi connectivity index (χ1v) is 7.45. The normalized spacial score (nSPS) is 17.4. The molecule has 0 bridgehead atoms. The van der Waals surface area contributed by atoms with Crippen molar-refractivity contribution in [1.82, 2.24) is 0 Å². The maximum absolute atomic E-state index is 11.8. The van der Waals surface area contributed by atoms with E-state index in [9.17, 15) is 13.2 Å². The van der Waals surface area contributed by atoms with Gasteiger partial charge in [-0.3, -0.25) is 4.79 Å². The Labute approximate surface area is 107 Å². The number of aryl methyl sites for hydroxylation is 1. The smallest absolute Gasteiger partial charge is 0.309 e. The molecular formula is C13H16O4S. The molecule has 0 radical (unpaired) electrons. The second-order valence-electron chi connectivity index (χ2n) is 5.38. The average Bonchev–Trinajstić information content (AvgIpc) is 2.54. The van der Waals surface area contributed by atoms with E-state index in [1.165, 1.54) is 0 Å². The van der Waals surface area contributed by atoms with E-state index < -0.39 is 21.2 Å². The fourth-order valence-electron chi connectivity index (χ4n) is 2.15. The third kappa shape index (κ3) is 2.27. The average molecular weight is 268 g/mol. The van der Waals surface area contributed by atoms with Crippen LogP contribution in [0.1, 0.15) is 25.0 Å². The molecule has 5 heteroatoms.